The Labute approximate surface area is 177 Å². The van der Waals surface area contributed by atoms with Crippen molar-refractivity contribution in [2.75, 3.05) is 18.5 Å². The third-order valence-electron chi connectivity index (χ3n) is 4.58. The summed E-state index contributed by atoms with van der Waals surface area (Å²) in [7, 11) is -4.00. The standard InChI is InChI=1S/C19H20N4O5S2/c1-11(2)17(19(24)20-12-6-7-14-15(10-12)28-9-8-27-14)23-30(25,26)16-5-3-4-13-18(16)22-29-21-13/h3-7,10-11,17,23H,8-9H2,1-2H3,(H,20,24)/t17-/m1/s1. The van der Waals surface area contributed by atoms with E-state index in [0.717, 1.165) is 11.7 Å². The van der Waals surface area contributed by atoms with E-state index in [4.69, 9.17) is 9.47 Å². The Morgan fingerprint density at radius 3 is 2.63 bits per heavy atom. The van der Waals surface area contributed by atoms with E-state index in [-0.39, 0.29) is 16.3 Å². The van der Waals surface area contributed by atoms with Crippen molar-refractivity contribution >= 4 is 44.4 Å². The SMILES string of the molecule is CC(C)[C@@H](NS(=O)(=O)c1cccc2nsnc12)C(=O)Nc1ccc2c(c1)OCCO2. The minimum atomic E-state index is -4.00. The van der Waals surface area contributed by atoms with E-state index in [1.165, 1.54) is 6.07 Å². The van der Waals surface area contributed by atoms with Crippen molar-refractivity contribution in [1.29, 1.82) is 0 Å². The van der Waals surface area contributed by atoms with E-state index >= 15 is 0 Å². The lowest BCUT2D eigenvalue weighted by atomic mass is 10.0. The molecule has 1 amide bonds. The van der Waals surface area contributed by atoms with Crippen LogP contribution in [-0.4, -0.2) is 42.3 Å². The number of carbonyl (C=O) groups excluding carboxylic acids is 1. The van der Waals surface area contributed by atoms with E-state index in [1.54, 1.807) is 44.2 Å². The minimum Gasteiger partial charge on any atom is -0.486 e. The van der Waals surface area contributed by atoms with Gasteiger partial charge in [-0.05, 0) is 30.2 Å². The van der Waals surface area contributed by atoms with Gasteiger partial charge in [-0.3, -0.25) is 4.79 Å². The summed E-state index contributed by atoms with van der Waals surface area (Å²) < 4.78 is 47.7. The lowest BCUT2D eigenvalue weighted by molar-refractivity contribution is -0.118. The summed E-state index contributed by atoms with van der Waals surface area (Å²) in [6.07, 6.45) is 0. The van der Waals surface area contributed by atoms with Gasteiger partial charge in [0.2, 0.25) is 15.9 Å². The molecule has 9 nitrogen and oxygen atoms in total. The van der Waals surface area contributed by atoms with Gasteiger partial charge in [-0.2, -0.15) is 13.5 Å². The van der Waals surface area contributed by atoms with Crippen LogP contribution >= 0.6 is 11.7 Å². The van der Waals surface area contributed by atoms with Crippen LogP contribution in [0.1, 0.15) is 13.8 Å². The lowest BCUT2D eigenvalue weighted by Crippen LogP contribution is -2.47. The highest BCUT2D eigenvalue weighted by Crippen LogP contribution is 2.32. The number of sulfonamides is 1. The Balaban J connectivity index is 1.56. The smallest absolute Gasteiger partial charge is 0.243 e. The van der Waals surface area contributed by atoms with Crippen LogP contribution in [0.3, 0.4) is 0 Å². The van der Waals surface area contributed by atoms with Crippen molar-refractivity contribution in [2.45, 2.75) is 24.8 Å². The van der Waals surface area contributed by atoms with Crippen molar-refractivity contribution in [3.05, 3.63) is 36.4 Å². The second kappa shape index (κ2) is 8.17. The molecule has 2 N–H and O–H groups in total. The maximum absolute atomic E-state index is 13.0. The molecule has 1 atom stereocenters. The number of nitrogens with one attached hydrogen (secondary N) is 2. The van der Waals surface area contributed by atoms with Crippen LogP contribution in [0.5, 0.6) is 11.5 Å². The van der Waals surface area contributed by atoms with E-state index in [1.807, 2.05) is 0 Å². The molecule has 0 saturated carbocycles. The van der Waals surface area contributed by atoms with Gasteiger partial charge in [0, 0.05) is 11.8 Å². The van der Waals surface area contributed by atoms with E-state index in [0.29, 0.717) is 35.9 Å². The van der Waals surface area contributed by atoms with Crippen LogP contribution in [0.15, 0.2) is 41.3 Å². The molecule has 1 aliphatic rings. The quantitative estimate of drug-likeness (QED) is 0.594. The number of hydrogen-bond acceptors (Lipinski definition) is 8. The van der Waals surface area contributed by atoms with Crippen LogP contribution in [-0.2, 0) is 14.8 Å². The Morgan fingerprint density at radius 1 is 1.10 bits per heavy atom. The number of aromatic nitrogens is 2. The van der Waals surface area contributed by atoms with Gasteiger partial charge in [0.05, 0.1) is 11.7 Å². The molecule has 0 aliphatic carbocycles. The molecule has 158 valence electrons. The first-order chi connectivity index (χ1) is 14.3. The predicted molar refractivity (Wildman–Crippen MR) is 112 cm³/mol. The number of anilines is 1. The second-order valence-electron chi connectivity index (χ2n) is 7.08. The number of benzene rings is 2. The molecule has 1 aromatic heterocycles. The van der Waals surface area contributed by atoms with Crippen LogP contribution in [0.4, 0.5) is 5.69 Å². The molecule has 0 bridgehead atoms. The normalized spacial score (nSPS) is 14.6. The van der Waals surface area contributed by atoms with Crippen LogP contribution in [0, 0.1) is 5.92 Å². The summed E-state index contributed by atoms with van der Waals surface area (Å²) in [5, 5.41) is 2.75. The number of carbonyl (C=O) groups is 1. The number of nitrogens with zero attached hydrogens (tertiary/aromatic N) is 2. The van der Waals surface area contributed by atoms with Gasteiger partial charge in [-0.15, -0.1) is 0 Å². The van der Waals surface area contributed by atoms with Crippen molar-refractivity contribution in [3.8, 4) is 11.5 Å². The van der Waals surface area contributed by atoms with Crippen LogP contribution in [0.25, 0.3) is 11.0 Å². The zero-order valence-electron chi connectivity index (χ0n) is 16.3. The first-order valence-corrected chi connectivity index (χ1v) is 11.5. The molecule has 0 spiro atoms. The molecule has 4 rings (SSSR count). The number of amides is 1. The van der Waals surface area contributed by atoms with Crippen LogP contribution in [0.2, 0.25) is 0 Å². The molecule has 1 aliphatic heterocycles. The van der Waals surface area contributed by atoms with Gasteiger partial charge in [-0.1, -0.05) is 19.9 Å². The number of hydrogen-bond donors (Lipinski definition) is 2. The maximum Gasteiger partial charge on any atom is 0.243 e. The Hall–Kier alpha value is -2.76. The maximum atomic E-state index is 13.0. The molecule has 3 aromatic rings. The highest BCUT2D eigenvalue weighted by molar-refractivity contribution is 7.89. The summed E-state index contributed by atoms with van der Waals surface area (Å²) in [6, 6.07) is 8.77. The topological polar surface area (TPSA) is 120 Å². The lowest BCUT2D eigenvalue weighted by Gasteiger charge is -2.23. The third-order valence-corrected chi connectivity index (χ3v) is 6.59. The van der Waals surface area contributed by atoms with Gasteiger partial charge < -0.3 is 14.8 Å². The predicted octanol–water partition coefficient (Wildman–Crippen LogP) is 2.40. The largest absolute Gasteiger partial charge is 0.486 e. The average molecular weight is 449 g/mol. The number of fused-ring (bicyclic) bond motifs is 2. The fraction of sp³-hybridized carbons (Fsp3) is 0.316. The molecule has 0 radical (unpaired) electrons. The molecular formula is C19H20N4O5S2. The van der Waals surface area contributed by atoms with E-state index in [2.05, 4.69) is 18.8 Å². The van der Waals surface area contributed by atoms with E-state index < -0.39 is 22.0 Å². The molecule has 0 saturated heterocycles. The molecule has 2 aromatic carbocycles. The zero-order valence-corrected chi connectivity index (χ0v) is 17.9. The average Bonchev–Trinajstić information content (AvgIpc) is 3.20. The highest BCUT2D eigenvalue weighted by atomic mass is 32.2. The molecule has 0 fully saturated rings. The van der Waals surface area contributed by atoms with Crippen molar-refractivity contribution < 1.29 is 22.7 Å². The zero-order chi connectivity index (χ0) is 21.3. The summed E-state index contributed by atoms with van der Waals surface area (Å²) in [5.74, 6) is 0.354. The second-order valence-corrected chi connectivity index (χ2v) is 9.29. The molecule has 11 heteroatoms. The molecule has 2 heterocycles. The Morgan fingerprint density at radius 2 is 1.87 bits per heavy atom. The van der Waals surface area contributed by atoms with E-state index in [9.17, 15) is 13.2 Å². The molecule has 30 heavy (non-hydrogen) atoms. The van der Waals surface area contributed by atoms with Crippen molar-refractivity contribution in [1.82, 2.24) is 13.5 Å². The fourth-order valence-electron chi connectivity index (χ4n) is 3.06. The van der Waals surface area contributed by atoms with Gasteiger partial charge in [0.15, 0.2) is 11.5 Å². The summed E-state index contributed by atoms with van der Waals surface area (Å²) >= 11 is 0.934. The third kappa shape index (κ3) is 4.09. The van der Waals surface area contributed by atoms with Gasteiger partial charge in [0.25, 0.3) is 0 Å². The number of ether oxygens (including phenoxy) is 2. The van der Waals surface area contributed by atoms with Crippen molar-refractivity contribution in [2.24, 2.45) is 5.92 Å². The summed E-state index contributed by atoms with van der Waals surface area (Å²) in [6.45, 7) is 4.43. The first-order valence-electron chi connectivity index (χ1n) is 9.29. The summed E-state index contributed by atoms with van der Waals surface area (Å²) in [5.41, 5.74) is 1.26. The fourth-order valence-corrected chi connectivity index (χ4v) is 5.17. The number of rotatable bonds is 6. The molecule has 0 unspecified atom stereocenters. The van der Waals surface area contributed by atoms with Gasteiger partial charge in [0.1, 0.15) is 35.2 Å². The van der Waals surface area contributed by atoms with Gasteiger partial charge >= 0.3 is 0 Å². The monoisotopic (exact) mass is 448 g/mol. The summed E-state index contributed by atoms with van der Waals surface area (Å²) in [4.78, 5) is 12.9. The van der Waals surface area contributed by atoms with Crippen molar-refractivity contribution in [3.63, 3.8) is 0 Å². The first kappa shape index (κ1) is 20.5. The van der Waals surface area contributed by atoms with Gasteiger partial charge in [-0.25, -0.2) is 8.42 Å². The Kier molecular flexibility index (Phi) is 5.58. The molecular weight excluding hydrogens is 428 g/mol. The van der Waals surface area contributed by atoms with Crippen LogP contribution < -0.4 is 19.5 Å². The highest BCUT2D eigenvalue weighted by Gasteiger charge is 2.30. The minimum absolute atomic E-state index is 0.00784. The Bertz CT molecular complexity index is 1190.